The predicted molar refractivity (Wildman–Crippen MR) is 75.1 cm³/mol. The molecule has 0 aliphatic carbocycles. The molecule has 0 spiro atoms. The standard InChI is InChI=1S/C15H23NO3/c1-3-11-5-7-12(8-6-11)15(19)13(16-4-2)9-10-14(17)18/h5-8,13,15-16,19H,3-4,9-10H2,1-2H3,(H,17,18). The van der Waals surface area contributed by atoms with Crippen LogP contribution in [0.1, 0.15) is 43.9 Å². The quantitative estimate of drug-likeness (QED) is 0.673. The number of rotatable bonds is 8. The Morgan fingerprint density at radius 2 is 1.89 bits per heavy atom. The molecule has 1 aromatic carbocycles. The molecule has 3 N–H and O–H groups in total. The van der Waals surface area contributed by atoms with Crippen LogP contribution >= 0.6 is 0 Å². The van der Waals surface area contributed by atoms with Crippen molar-refractivity contribution in [2.45, 2.75) is 45.3 Å². The summed E-state index contributed by atoms with van der Waals surface area (Å²) < 4.78 is 0. The number of hydrogen-bond acceptors (Lipinski definition) is 3. The number of benzene rings is 1. The zero-order valence-electron chi connectivity index (χ0n) is 11.6. The number of aryl methyl sites for hydroxylation is 1. The zero-order chi connectivity index (χ0) is 14.3. The Hall–Kier alpha value is -1.39. The molecular weight excluding hydrogens is 242 g/mol. The van der Waals surface area contributed by atoms with E-state index >= 15 is 0 Å². The van der Waals surface area contributed by atoms with Gasteiger partial charge in [-0.1, -0.05) is 38.1 Å². The van der Waals surface area contributed by atoms with Gasteiger partial charge in [0.25, 0.3) is 0 Å². The van der Waals surface area contributed by atoms with Crippen molar-refractivity contribution >= 4 is 5.97 Å². The SMILES string of the molecule is CCNC(CCC(=O)O)C(O)c1ccc(CC)cc1. The van der Waals surface area contributed by atoms with E-state index in [4.69, 9.17) is 5.11 Å². The third-order valence-electron chi connectivity index (χ3n) is 3.25. The van der Waals surface area contributed by atoms with Gasteiger partial charge in [-0.15, -0.1) is 0 Å². The Morgan fingerprint density at radius 3 is 2.37 bits per heavy atom. The minimum absolute atomic E-state index is 0.0573. The van der Waals surface area contributed by atoms with E-state index < -0.39 is 12.1 Å². The van der Waals surface area contributed by atoms with Crippen LogP contribution < -0.4 is 5.32 Å². The lowest BCUT2D eigenvalue weighted by atomic mass is 9.97. The molecule has 0 saturated carbocycles. The van der Waals surface area contributed by atoms with Gasteiger partial charge in [0.15, 0.2) is 0 Å². The third kappa shape index (κ3) is 5.01. The fourth-order valence-corrected chi connectivity index (χ4v) is 2.10. The summed E-state index contributed by atoms with van der Waals surface area (Å²) >= 11 is 0. The van der Waals surface area contributed by atoms with Crippen LogP contribution in [-0.2, 0) is 11.2 Å². The average molecular weight is 265 g/mol. The topological polar surface area (TPSA) is 69.6 Å². The number of aliphatic hydroxyl groups is 1. The van der Waals surface area contributed by atoms with Gasteiger partial charge in [-0.05, 0) is 30.5 Å². The highest BCUT2D eigenvalue weighted by Crippen LogP contribution is 2.20. The second kappa shape index (κ2) is 7.92. The Bertz CT molecular complexity index is 389. The Balaban J connectivity index is 2.72. The van der Waals surface area contributed by atoms with Crippen LogP contribution in [0.15, 0.2) is 24.3 Å². The molecule has 0 heterocycles. The van der Waals surface area contributed by atoms with Crippen LogP contribution in [0, 0.1) is 0 Å². The lowest BCUT2D eigenvalue weighted by molar-refractivity contribution is -0.137. The highest BCUT2D eigenvalue weighted by atomic mass is 16.4. The van der Waals surface area contributed by atoms with E-state index in [0.29, 0.717) is 13.0 Å². The fraction of sp³-hybridized carbons (Fsp3) is 0.533. The van der Waals surface area contributed by atoms with Crippen molar-refractivity contribution in [1.82, 2.24) is 5.32 Å². The molecule has 0 saturated heterocycles. The maximum atomic E-state index is 10.6. The molecule has 0 amide bonds. The van der Waals surface area contributed by atoms with Gasteiger partial charge in [-0.3, -0.25) is 4.79 Å². The molecule has 4 nitrogen and oxygen atoms in total. The van der Waals surface area contributed by atoms with Crippen LogP contribution in [0.5, 0.6) is 0 Å². The molecule has 106 valence electrons. The monoisotopic (exact) mass is 265 g/mol. The average Bonchev–Trinajstić information content (AvgIpc) is 2.42. The second-order valence-electron chi connectivity index (χ2n) is 4.64. The number of likely N-dealkylation sites (N-methyl/N-ethyl adjacent to an activating group) is 1. The summed E-state index contributed by atoms with van der Waals surface area (Å²) in [7, 11) is 0. The summed E-state index contributed by atoms with van der Waals surface area (Å²) in [5.74, 6) is -0.837. The van der Waals surface area contributed by atoms with Gasteiger partial charge in [0.1, 0.15) is 0 Å². The first-order valence-corrected chi connectivity index (χ1v) is 6.80. The first-order chi connectivity index (χ1) is 9.08. The summed E-state index contributed by atoms with van der Waals surface area (Å²) in [5.41, 5.74) is 2.05. The van der Waals surface area contributed by atoms with Crippen LogP contribution in [-0.4, -0.2) is 28.8 Å². The van der Waals surface area contributed by atoms with Crippen LogP contribution in [0.2, 0.25) is 0 Å². The molecule has 0 aromatic heterocycles. The van der Waals surface area contributed by atoms with Crippen molar-refractivity contribution in [2.75, 3.05) is 6.54 Å². The number of carboxylic acids is 1. The maximum Gasteiger partial charge on any atom is 0.303 e. The number of aliphatic hydroxyl groups excluding tert-OH is 1. The van der Waals surface area contributed by atoms with E-state index in [-0.39, 0.29) is 12.5 Å². The Kier molecular flexibility index (Phi) is 6.53. The molecule has 0 fully saturated rings. The van der Waals surface area contributed by atoms with Crippen molar-refractivity contribution in [3.8, 4) is 0 Å². The number of carboxylic acid groups (broad SMARTS) is 1. The van der Waals surface area contributed by atoms with Crippen molar-refractivity contribution in [2.24, 2.45) is 0 Å². The zero-order valence-corrected chi connectivity index (χ0v) is 11.6. The Morgan fingerprint density at radius 1 is 1.26 bits per heavy atom. The first-order valence-electron chi connectivity index (χ1n) is 6.80. The van der Waals surface area contributed by atoms with E-state index in [1.807, 2.05) is 31.2 Å². The van der Waals surface area contributed by atoms with Gasteiger partial charge >= 0.3 is 5.97 Å². The van der Waals surface area contributed by atoms with Gasteiger partial charge in [0.2, 0.25) is 0 Å². The van der Waals surface area contributed by atoms with Crippen LogP contribution in [0.4, 0.5) is 0 Å². The predicted octanol–water partition coefficient (Wildman–Crippen LogP) is 2.13. The second-order valence-corrected chi connectivity index (χ2v) is 4.64. The number of nitrogens with one attached hydrogen (secondary N) is 1. The minimum atomic E-state index is -0.837. The van der Waals surface area contributed by atoms with Gasteiger partial charge < -0.3 is 15.5 Å². The van der Waals surface area contributed by atoms with E-state index in [0.717, 1.165) is 12.0 Å². The summed E-state index contributed by atoms with van der Waals surface area (Å²) in [5, 5.41) is 22.2. The summed E-state index contributed by atoms with van der Waals surface area (Å²) in [6, 6.07) is 7.59. The van der Waals surface area contributed by atoms with E-state index in [9.17, 15) is 9.90 Å². The van der Waals surface area contributed by atoms with Crippen molar-refractivity contribution in [3.63, 3.8) is 0 Å². The Labute approximate surface area is 114 Å². The summed E-state index contributed by atoms with van der Waals surface area (Å²) in [4.78, 5) is 10.6. The van der Waals surface area contributed by atoms with Crippen LogP contribution in [0.25, 0.3) is 0 Å². The molecule has 0 aliphatic heterocycles. The molecule has 19 heavy (non-hydrogen) atoms. The molecular formula is C15H23NO3. The van der Waals surface area contributed by atoms with Crippen molar-refractivity contribution in [3.05, 3.63) is 35.4 Å². The smallest absolute Gasteiger partial charge is 0.303 e. The largest absolute Gasteiger partial charge is 0.481 e. The maximum absolute atomic E-state index is 10.6. The van der Waals surface area contributed by atoms with Gasteiger partial charge in [0.05, 0.1) is 6.10 Å². The first kappa shape index (κ1) is 15.7. The minimum Gasteiger partial charge on any atom is -0.481 e. The van der Waals surface area contributed by atoms with Crippen molar-refractivity contribution in [1.29, 1.82) is 0 Å². The summed E-state index contributed by atoms with van der Waals surface area (Å²) in [6.45, 7) is 4.73. The van der Waals surface area contributed by atoms with Crippen molar-refractivity contribution < 1.29 is 15.0 Å². The van der Waals surface area contributed by atoms with Crippen LogP contribution in [0.3, 0.4) is 0 Å². The van der Waals surface area contributed by atoms with Gasteiger partial charge in [0, 0.05) is 12.5 Å². The lowest BCUT2D eigenvalue weighted by Crippen LogP contribution is -2.35. The number of hydrogen-bond donors (Lipinski definition) is 3. The number of carbonyl (C=O) groups is 1. The fourth-order valence-electron chi connectivity index (χ4n) is 2.10. The molecule has 0 bridgehead atoms. The molecule has 2 atom stereocenters. The molecule has 1 aromatic rings. The third-order valence-corrected chi connectivity index (χ3v) is 3.25. The van der Waals surface area contributed by atoms with E-state index in [1.165, 1.54) is 5.56 Å². The molecule has 4 heteroatoms. The molecule has 1 rings (SSSR count). The normalized spacial score (nSPS) is 14.1. The van der Waals surface area contributed by atoms with Gasteiger partial charge in [-0.25, -0.2) is 0 Å². The highest BCUT2D eigenvalue weighted by Gasteiger charge is 2.20. The highest BCUT2D eigenvalue weighted by molar-refractivity contribution is 5.66. The number of aliphatic carboxylic acids is 1. The molecule has 2 unspecified atom stereocenters. The molecule has 0 radical (unpaired) electrons. The van der Waals surface area contributed by atoms with E-state index in [2.05, 4.69) is 12.2 Å². The lowest BCUT2D eigenvalue weighted by Gasteiger charge is -2.23. The van der Waals surface area contributed by atoms with Gasteiger partial charge in [-0.2, -0.15) is 0 Å². The molecule has 0 aliphatic rings. The summed E-state index contributed by atoms with van der Waals surface area (Å²) in [6.07, 6.45) is 0.762. The van der Waals surface area contributed by atoms with E-state index in [1.54, 1.807) is 0 Å².